The zero-order chi connectivity index (χ0) is 8.27. The largest absolute Gasteiger partial charge is 0.507 e. The van der Waals surface area contributed by atoms with Gasteiger partial charge in [-0.15, -0.1) is 11.8 Å². The highest BCUT2D eigenvalue weighted by atomic mass is 32.2. The average molecular weight is 169 g/mol. The molecule has 3 N–H and O–H groups in total. The van der Waals surface area contributed by atoms with Crippen LogP contribution in [0.15, 0.2) is 23.1 Å². The Hall–Kier alpha value is -0.830. The molecule has 0 radical (unpaired) electrons. The molecule has 0 aliphatic heterocycles. The van der Waals surface area contributed by atoms with Crippen molar-refractivity contribution >= 4 is 17.4 Å². The van der Waals surface area contributed by atoms with Crippen LogP contribution in [-0.2, 0) is 0 Å². The Kier molecular flexibility index (Phi) is 2.65. The summed E-state index contributed by atoms with van der Waals surface area (Å²) >= 11 is 1.61. The molecule has 11 heavy (non-hydrogen) atoms. The van der Waals surface area contributed by atoms with Gasteiger partial charge in [-0.3, -0.25) is 0 Å². The standard InChI is InChI=1S/C8H11NOS/c1-2-11-8-4-3-6(9)5-7(8)10/h3-5,10H,2,9H2,1H3. The molecule has 0 fully saturated rings. The summed E-state index contributed by atoms with van der Waals surface area (Å²) in [4.78, 5) is 0.890. The highest BCUT2D eigenvalue weighted by Gasteiger charge is 1.99. The molecule has 0 saturated carbocycles. The van der Waals surface area contributed by atoms with E-state index in [1.807, 2.05) is 13.0 Å². The number of aromatic hydroxyl groups is 1. The quantitative estimate of drug-likeness (QED) is 0.526. The molecular formula is C8H11NOS. The second-order valence-corrected chi connectivity index (χ2v) is 3.47. The van der Waals surface area contributed by atoms with Crippen molar-refractivity contribution in [2.75, 3.05) is 11.5 Å². The summed E-state index contributed by atoms with van der Waals surface area (Å²) in [6.07, 6.45) is 0. The summed E-state index contributed by atoms with van der Waals surface area (Å²) in [5.74, 6) is 1.23. The lowest BCUT2D eigenvalue weighted by Crippen LogP contribution is -1.84. The van der Waals surface area contributed by atoms with Crippen LogP contribution in [0.5, 0.6) is 5.75 Å². The molecule has 0 bridgehead atoms. The number of hydrogen-bond acceptors (Lipinski definition) is 3. The minimum absolute atomic E-state index is 0.275. The van der Waals surface area contributed by atoms with Gasteiger partial charge in [-0.1, -0.05) is 6.92 Å². The van der Waals surface area contributed by atoms with Gasteiger partial charge in [0.2, 0.25) is 0 Å². The van der Waals surface area contributed by atoms with Gasteiger partial charge in [0, 0.05) is 16.6 Å². The van der Waals surface area contributed by atoms with Crippen LogP contribution in [-0.4, -0.2) is 10.9 Å². The van der Waals surface area contributed by atoms with E-state index in [1.54, 1.807) is 23.9 Å². The van der Waals surface area contributed by atoms with Crippen molar-refractivity contribution in [2.45, 2.75) is 11.8 Å². The summed E-state index contributed by atoms with van der Waals surface area (Å²) in [6, 6.07) is 5.19. The normalized spacial score (nSPS) is 9.91. The number of nitrogen functional groups attached to an aromatic ring is 1. The van der Waals surface area contributed by atoms with Crippen LogP contribution in [0.25, 0.3) is 0 Å². The molecule has 0 saturated heterocycles. The number of phenolic OH excluding ortho intramolecular Hbond substituents is 1. The maximum atomic E-state index is 9.32. The SMILES string of the molecule is CCSc1ccc(N)cc1O. The van der Waals surface area contributed by atoms with Crippen LogP contribution >= 0.6 is 11.8 Å². The van der Waals surface area contributed by atoms with E-state index in [4.69, 9.17) is 5.73 Å². The number of hydrogen-bond donors (Lipinski definition) is 2. The first-order valence-corrected chi connectivity index (χ1v) is 4.44. The number of benzene rings is 1. The average Bonchev–Trinajstić information content (AvgIpc) is 1.95. The van der Waals surface area contributed by atoms with Gasteiger partial charge in [0.05, 0.1) is 0 Å². The molecule has 1 rings (SSSR count). The van der Waals surface area contributed by atoms with E-state index in [-0.39, 0.29) is 5.75 Å². The summed E-state index contributed by atoms with van der Waals surface area (Å²) in [5.41, 5.74) is 6.05. The Morgan fingerprint density at radius 2 is 2.27 bits per heavy atom. The van der Waals surface area contributed by atoms with Crippen molar-refractivity contribution in [2.24, 2.45) is 0 Å². The fourth-order valence-electron chi connectivity index (χ4n) is 0.812. The van der Waals surface area contributed by atoms with Gasteiger partial charge in [-0.05, 0) is 17.9 Å². The lowest BCUT2D eigenvalue weighted by atomic mass is 10.3. The number of phenols is 1. The second-order valence-electron chi connectivity index (χ2n) is 2.16. The first kappa shape index (κ1) is 8.27. The van der Waals surface area contributed by atoms with Gasteiger partial charge in [0.25, 0.3) is 0 Å². The molecule has 0 aliphatic rings. The third-order valence-corrected chi connectivity index (χ3v) is 2.23. The lowest BCUT2D eigenvalue weighted by molar-refractivity contribution is 0.463. The summed E-state index contributed by atoms with van der Waals surface area (Å²) in [6.45, 7) is 2.04. The van der Waals surface area contributed by atoms with E-state index in [2.05, 4.69) is 0 Å². The minimum atomic E-state index is 0.275. The molecule has 0 atom stereocenters. The number of thioether (sulfide) groups is 1. The zero-order valence-electron chi connectivity index (χ0n) is 6.37. The maximum Gasteiger partial charge on any atom is 0.131 e. The molecule has 1 aromatic rings. The number of rotatable bonds is 2. The zero-order valence-corrected chi connectivity index (χ0v) is 7.19. The summed E-state index contributed by atoms with van der Waals surface area (Å²) in [5, 5.41) is 9.32. The Morgan fingerprint density at radius 3 is 2.82 bits per heavy atom. The third kappa shape index (κ3) is 2.05. The molecule has 0 heterocycles. The molecule has 2 nitrogen and oxygen atoms in total. The van der Waals surface area contributed by atoms with E-state index in [9.17, 15) is 5.11 Å². The number of anilines is 1. The van der Waals surface area contributed by atoms with Crippen molar-refractivity contribution in [1.82, 2.24) is 0 Å². The lowest BCUT2D eigenvalue weighted by Gasteiger charge is -2.02. The Morgan fingerprint density at radius 1 is 1.55 bits per heavy atom. The maximum absolute atomic E-state index is 9.32. The van der Waals surface area contributed by atoms with Gasteiger partial charge in [-0.2, -0.15) is 0 Å². The van der Waals surface area contributed by atoms with Crippen LogP contribution in [0.3, 0.4) is 0 Å². The first-order valence-electron chi connectivity index (χ1n) is 3.45. The van der Waals surface area contributed by atoms with E-state index in [1.165, 1.54) is 0 Å². The molecule has 0 amide bonds. The molecule has 0 unspecified atom stereocenters. The van der Waals surface area contributed by atoms with Gasteiger partial charge < -0.3 is 10.8 Å². The Balaban J connectivity index is 2.90. The highest BCUT2D eigenvalue weighted by Crippen LogP contribution is 2.29. The molecule has 3 heteroatoms. The van der Waals surface area contributed by atoms with Crippen LogP contribution in [0.1, 0.15) is 6.92 Å². The second kappa shape index (κ2) is 3.53. The third-order valence-electron chi connectivity index (χ3n) is 1.28. The van der Waals surface area contributed by atoms with Crippen LogP contribution < -0.4 is 5.73 Å². The fraction of sp³-hybridized carbons (Fsp3) is 0.250. The molecule has 1 aromatic carbocycles. The van der Waals surface area contributed by atoms with Crippen LogP contribution in [0.4, 0.5) is 5.69 Å². The van der Waals surface area contributed by atoms with E-state index in [0.29, 0.717) is 5.69 Å². The first-order chi connectivity index (χ1) is 5.24. The summed E-state index contributed by atoms with van der Waals surface area (Å²) in [7, 11) is 0. The molecule has 0 spiro atoms. The van der Waals surface area contributed by atoms with Crippen molar-refractivity contribution in [3.05, 3.63) is 18.2 Å². The van der Waals surface area contributed by atoms with E-state index in [0.717, 1.165) is 10.6 Å². The highest BCUT2D eigenvalue weighted by molar-refractivity contribution is 7.99. The van der Waals surface area contributed by atoms with Crippen molar-refractivity contribution in [1.29, 1.82) is 0 Å². The molecular weight excluding hydrogens is 158 g/mol. The molecule has 0 aliphatic carbocycles. The minimum Gasteiger partial charge on any atom is -0.507 e. The predicted molar refractivity (Wildman–Crippen MR) is 48.9 cm³/mol. The van der Waals surface area contributed by atoms with Crippen molar-refractivity contribution in [3.8, 4) is 5.75 Å². The Bertz CT molecular complexity index is 250. The van der Waals surface area contributed by atoms with E-state index < -0.39 is 0 Å². The Labute approximate surface area is 70.4 Å². The van der Waals surface area contributed by atoms with Crippen LogP contribution in [0, 0.1) is 0 Å². The molecule has 60 valence electrons. The van der Waals surface area contributed by atoms with Crippen LogP contribution in [0.2, 0.25) is 0 Å². The van der Waals surface area contributed by atoms with Gasteiger partial charge in [-0.25, -0.2) is 0 Å². The van der Waals surface area contributed by atoms with E-state index >= 15 is 0 Å². The van der Waals surface area contributed by atoms with Gasteiger partial charge >= 0.3 is 0 Å². The van der Waals surface area contributed by atoms with Crippen molar-refractivity contribution < 1.29 is 5.11 Å². The van der Waals surface area contributed by atoms with Crippen molar-refractivity contribution in [3.63, 3.8) is 0 Å². The smallest absolute Gasteiger partial charge is 0.131 e. The van der Waals surface area contributed by atoms with Gasteiger partial charge in [0.1, 0.15) is 5.75 Å². The van der Waals surface area contributed by atoms with Gasteiger partial charge in [0.15, 0.2) is 0 Å². The summed E-state index contributed by atoms with van der Waals surface area (Å²) < 4.78 is 0. The predicted octanol–water partition coefficient (Wildman–Crippen LogP) is 2.09. The topological polar surface area (TPSA) is 46.2 Å². The fourth-order valence-corrected chi connectivity index (χ4v) is 1.49. The molecule has 0 aromatic heterocycles. The number of nitrogens with two attached hydrogens (primary N) is 1. The monoisotopic (exact) mass is 169 g/mol.